The fourth-order valence-electron chi connectivity index (χ4n) is 3.40. The summed E-state index contributed by atoms with van der Waals surface area (Å²) in [6.07, 6.45) is 6.20. The van der Waals surface area contributed by atoms with Crippen molar-refractivity contribution >= 4 is 5.91 Å². The second-order valence-corrected chi connectivity index (χ2v) is 6.84. The lowest BCUT2D eigenvalue weighted by molar-refractivity contribution is -0.132. The fraction of sp³-hybridized carbons (Fsp3) is 0.286. The maximum atomic E-state index is 12.7. The largest absolute Gasteiger partial charge is 0.497 e. The Balaban J connectivity index is 1.46. The summed E-state index contributed by atoms with van der Waals surface area (Å²) in [4.78, 5) is 42.4. The van der Waals surface area contributed by atoms with E-state index >= 15 is 0 Å². The van der Waals surface area contributed by atoms with E-state index in [0.29, 0.717) is 55.1 Å². The summed E-state index contributed by atoms with van der Waals surface area (Å²) in [7, 11) is 1.63. The number of ether oxygens (including phenoxy) is 1. The van der Waals surface area contributed by atoms with E-state index in [9.17, 15) is 9.59 Å². The third-order valence-electron chi connectivity index (χ3n) is 5.02. The quantitative estimate of drug-likeness (QED) is 0.711. The molecule has 8 heteroatoms. The van der Waals surface area contributed by atoms with Crippen LogP contribution in [-0.2, 0) is 24.2 Å². The van der Waals surface area contributed by atoms with Crippen LogP contribution in [0.15, 0.2) is 47.7 Å². The molecule has 0 spiro atoms. The summed E-state index contributed by atoms with van der Waals surface area (Å²) in [5, 5.41) is 0. The minimum absolute atomic E-state index is 0.0506. The first-order chi connectivity index (χ1) is 14.1. The van der Waals surface area contributed by atoms with E-state index in [0.717, 1.165) is 11.3 Å². The van der Waals surface area contributed by atoms with Crippen molar-refractivity contribution in [2.75, 3.05) is 13.7 Å². The van der Waals surface area contributed by atoms with E-state index in [1.165, 1.54) is 0 Å². The molecule has 0 unspecified atom stereocenters. The summed E-state index contributed by atoms with van der Waals surface area (Å²) in [6.45, 7) is 0.845. The zero-order valence-electron chi connectivity index (χ0n) is 16.1. The van der Waals surface area contributed by atoms with Gasteiger partial charge in [-0.3, -0.25) is 14.6 Å². The number of fused-ring (bicyclic) bond motifs is 1. The highest BCUT2D eigenvalue weighted by Crippen LogP contribution is 2.19. The van der Waals surface area contributed by atoms with Gasteiger partial charge in [-0.25, -0.2) is 9.97 Å². The van der Waals surface area contributed by atoms with Gasteiger partial charge in [-0.05, 0) is 30.5 Å². The van der Waals surface area contributed by atoms with Crippen LogP contribution in [0.4, 0.5) is 0 Å². The number of methoxy groups -OCH3 is 1. The maximum absolute atomic E-state index is 12.7. The first-order valence-electron chi connectivity index (χ1n) is 9.43. The van der Waals surface area contributed by atoms with Crippen molar-refractivity contribution in [2.45, 2.75) is 25.8 Å². The number of carbonyl (C=O) groups excluding carboxylic acids is 1. The predicted molar refractivity (Wildman–Crippen MR) is 106 cm³/mol. The van der Waals surface area contributed by atoms with Crippen LogP contribution in [0.2, 0.25) is 0 Å². The zero-order chi connectivity index (χ0) is 20.2. The van der Waals surface area contributed by atoms with Gasteiger partial charge in [0.1, 0.15) is 11.4 Å². The van der Waals surface area contributed by atoms with Crippen LogP contribution >= 0.6 is 0 Å². The third-order valence-corrected chi connectivity index (χ3v) is 5.02. The van der Waals surface area contributed by atoms with Gasteiger partial charge in [-0.1, -0.05) is 12.1 Å². The molecular weight excluding hydrogens is 370 g/mol. The molecule has 8 nitrogen and oxygen atoms in total. The lowest BCUT2D eigenvalue weighted by Gasteiger charge is -2.28. The molecule has 0 saturated heterocycles. The Bertz CT molecular complexity index is 1060. The van der Waals surface area contributed by atoms with Crippen LogP contribution in [0.5, 0.6) is 5.75 Å². The van der Waals surface area contributed by atoms with Gasteiger partial charge in [-0.15, -0.1) is 0 Å². The Morgan fingerprint density at radius 1 is 1.24 bits per heavy atom. The predicted octanol–water partition coefficient (Wildman–Crippen LogP) is 1.75. The summed E-state index contributed by atoms with van der Waals surface area (Å²) in [5.41, 5.74) is 2.66. The molecule has 0 bridgehead atoms. The van der Waals surface area contributed by atoms with Crippen molar-refractivity contribution in [1.82, 2.24) is 24.8 Å². The second-order valence-electron chi connectivity index (χ2n) is 6.84. The molecule has 0 atom stereocenters. The van der Waals surface area contributed by atoms with Gasteiger partial charge >= 0.3 is 0 Å². The molecule has 1 aliphatic heterocycles. The number of carbonyl (C=O) groups is 1. The summed E-state index contributed by atoms with van der Waals surface area (Å²) in [5.74, 6) is 1.21. The molecule has 4 rings (SSSR count). The van der Waals surface area contributed by atoms with E-state index in [-0.39, 0.29) is 11.5 Å². The molecule has 0 saturated carbocycles. The van der Waals surface area contributed by atoms with Crippen LogP contribution < -0.4 is 10.3 Å². The highest BCUT2D eigenvalue weighted by Gasteiger charge is 2.24. The van der Waals surface area contributed by atoms with Crippen molar-refractivity contribution in [3.8, 4) is 17.3 Å². The Morgan fingerprint density at radius 2 is 2.07 bits per heavy atom. The maximum Gasteiger partial charge on any atom is 0.254 e. The smallest absolute Gasteiger partial charge is 0.254 e. The molecule has 29 heavy (non-hydrogen) atoms. The number of aryl methyl sites for hydroxylation is 1. The molecule has 2 aromatic heterocycles. The Morgan fingerprint density at radius 3 is 2.79 bits per heavy atom. The van der Waals surface area contributed by atoms with Crippen molar-refractivity contribution in [2.24, 2.45) is 0 Å². The van der Waals surface area contributed by atoms with Gasteiger partial charge in [-0.2, -0.15) is 0 Å². The summed E-state index contributed by atoms with van der Waals surface area (Å²) < 4.78 is 5.16. The number of amides is 1. The number of benzene rings is 1. The Hall–Kier alpha value is -3.55. The highest BCUT2D eigenvalue weighted by molar-refractivity contribution is 5.76. The van der Waals surface area contributed by atoms with Crippen molar-refractivity contribution < 1.29 is 9.53 Å². The first kappa shape index (κ1) is 18.8. The molecular formula is C21H21N5O3. The standard InChI is InChI=1S/C21H21N5O3/c1-29-15-5-2-14(3-6-15)4-7-19(27)26-11-8-16-18(13-26)24-20(25-21(16)28)17-12-22-9-10-23-17/h2-3,5-6,9-10,12H,4,7-8,11,13H2,1H3,(H,24,25,28). The molecule has 1 aromatic carbocycles. The second kappa shape index (κ2) is 8.22. The number of nitrogens with zero attached hydrogens (tertiary/aromatic N) is 4. The van der Waals surface area contributed by atoms with E-state index in [1.54, 1.807) is 30.6 Å². The van der Waals surface area contributed by atoms with Crippen molar-refractivity contribution in [1.29, 1.82) is 0 Å². The molecule has 0 aliphatic carbocycles. The third kappa shape index (κ3) is 4.16. The SMILES string of the molecule is COc1ccc(CCC(=O)N2CCc3c(nc(-c4cnccn4)[nH]c3=O)C2)cc1. The van der Waals surface area contributed by atoms with E-state index < -0.39 is 0 Å². The monoisotopic (exact) mass is 391 g/mol. The topological polar surface area (TPSA) is 101 Å². The Labute approximate surface area is 167 Å². The van der Waals surface area contributed by atoms with Crippen LogP contribution in [0.1, 0.15) is 23.2 Å². The number of rotatable bonds is 5. The molecule has 1 aliphatic rings. The minimum atomic E-state index is -0.180. The van der Waals surface area contributed by atoms with Crippen LogP contribution in [0, 0.1) is 0 Å². The summed E-state index contributed by atoms with van der Waals surface area (Å²) >= 11 is 0. The molecule has 1 N–H and O–H groups in total. The lowest BCUT2D eigenvalue weighted by atomic mass is 10.0. The Kier molecular flexibility index (Phi) is 5.33. The number of nitrogens with one attached hydrogen (secondary N) is 1. The van der Waals surface area contributed by atoms with Crippen LogP contribution in [0.25, 0.3) is 11.5 Å². The zero-order valence-corrected chi connectivity index (χ0v) is 16.1. The van der Waals surface area contributed by atoms with Crippen molar-refractivity contribution in [3.05, 3.63) is 70.0 Å². The molecule has 1 amide bonds. The number of H-pyrrole nitrogens is 1. The molecule has 3 aromatic rings. The number of aromatic nitrogens is 4. The van der Waals surface area contributed by atoms with Gasteiger partial charge in [0.2, 0.25) is 5.91 Å². The van der Waals surface area contributed by atoms with Gasteiger partial charge in [0, 0.05) is 30.9 Å². The van der Waals surface area contributed by atoms with Crippen LogP contribution in [-0.4, -0.2) is 44.4 Å². The van der Waals surface area contributed by atoms with E-state index in [1.807, 2.05) is 24.3 Å². The first-order valence-corrected chi connectivity index (χ1v) is 9.43. The normalized spacial score (nSPS) is 13.1. The summed E-state index contributed by atoms with van der Waals surface area (Å²) in [6, 6.07) is 7.71. The fourth-order valence-corrected chi connectivity index (χ4v) is 3.40. The van der Waals surface area contributed by atoms with E-state index in [4.69, 9.17) is 4.74 Å². The van der Waals surface area contributed by atoms with Gasteiger partial charge in [0.25, 0.3) is 5.56 Å². The highest BCUT2D eigenvalue weighted by atomic mass is 16.5. The average Bonchev–Trinajstić information content (AvgIpc) is 2.78. The van der Waals surface area contributed by atoms with E-state index in [2.05, 4.69) is 19.9 Å². The number of hydrogen-bond acceptors (Lipinski definition) is 6. The number of aromatic amines is 1. The number of hydrogen-bond donors (Lipinski definition) is 1. The van der Waals surface area contributed by atoms with Crippen LogP contribution in [0.3, 0.4) is 0 Å². The van der Waals surface area contributed by atoms with Gasteiger partial charge < -0.3 is 14.6 Å². The minimum Gasteiger partial charge on any atom is -0.497 e. The molecule has 148 valence electrons. The molecule has 0 fully saturated rings. The lowest BCUT2D eigenvalue weighted by Crippen LogP contribution is -2.39. The van der Waals surface area contributed by atoms with Gasteiger partial charge in [0.15, 0.2) is 5.82 Å². The average molecular weight is 391 g/mol. The van der Waals surface area contributed by atoms with Gasteiger partial charge in [0.05, 0.1) is 25.5 Å². The van der Waals surface area contributed by atoms with Crippen molar-refractivity contribution in [3.63, 3.8) is 0 Å². The molecule has 0 radical (unpaired) electrons. The molecule has 3 heterocycles.